The van der Waals surface area contributed by atoms with E-state index in [2.05, 4.69) is 15.4 Å². The lowest BCUT2D eigenvalue weighted by atomic mass is 10.1. The summed E-state index contributed by atoms with van der Waals surface area (Å²) in [4.78, 5) is 31.8. The van der Waals surface area contributed by atoms with Crippen molar-refractivity contribution in [2.45, 2.75) is 12.8 Å². The van der Waals surface area contributed by atoms with Gasteiger partial charge in [0.2, 0.25) is 16.8 Å². The number of carbonyl (C=O) groups is 2. The van der Waals surface area contributed by atoms with Crippen LogP contribution in [0.4, 0.5) is 10.1 Å². The third-order valence-corrected chi connectivity index (χ3v) is 6.34. The van der Waals surface area contributed by atoms with E-state index in [0.717, 1.165) is 11.4 Å². The van der Waals surface area contributed by atoms with Gasteiger partial charge in [0.15, 0.2) is 5.82 Å². The molecular weight excluding hydrogens is 429 g/mol. The molecule has 5 rings (SSSR count). The number of carbonyl (C=O) groups excluding carboxylic acids is 2. The number of halogens is 1. The molecule has 2 aromatic heterocycles. The lowest BCUT2D eigenvalue weighted by molar-refractivity contribution is -0.126. The van der Waals surface area contributed by atoms with Crippen LogP contribution >= 0.6 is 11.3 Å². The molecule has 7 nitrogen and oxygen atoms in total. The normalized spacial score (nSPS) is 16.1. The number of hydrogen-bond acceptors (Lipinski definition) is 5. The number of fused-ring (bicyclic) bond motifs is 1. The predicted molar refractivity (Wildman–Crippen MR) is 120 cm³/mol. The van der Waals surface area contributed by atoms with E-state index in [-0.39, 0.29) is 30.0 Å². The van der Waals surface area contributed by atoms with Crippen molar-refractivity contribution in [1.82, 2.24) is 19.9 Å². The first-order valence-corrected chi connectivity index (χ1v) is 11.2. The van der Waals surface area contributed by atoms with Crippen molar-refractivity contribution in [3.8, 4) is 11.4 Å². The molecule has 2 amide bonds. The van der Waals surface area contributed by atoms with Crippen LogP contribution in [0.25, 0.3) is 16.3 Å². The summed E-state index contributed by atoms with van der Waals surface area (Å²) >= 11 is 1.45. The number of anilines is 1. The van der Waals surface area contributed by atoms with E-state index in [1.165, 1.54) is 23.5 Å². The van der Waals surface area contributed by atoms with Crippen LogP contribution in [-0.2, 0) is 16.0 Å². The fraction of sp³-hybridized carbons (Fsp3) is 0.217. The van der Waals surface area contributed by atoms with E-state index in [9.17, 15) is 14.0 Å². The van der Waals surface area contributed by atoms with Crippen LogP contribution in [0.15, 0.2) is 60.0 Å². The summed E-state index contributed by atoms with van der Waals surface area (Å²) < 4.78 is 15.2. The maximum atomic E-state index is 13.5. The molecule has 162 valence electrons. The lowest BCUT2D eigenvalue weighted by Gasteiger charge is -2.16. The molecule has 1 atom stereocenters. The molecule has 3 heterocycles. The zero-order valence-corrected chi connectivity index (χ0v) is 17.9. The SMILES string of the molecule is O=C(NCCc1csc2nc(-c3cccc(F)c3)nn12)[C@@H]1CC(=O)N(c2ccccc2)C1. The molecule has 1 aliphatic heterocycles. The number of benzene rings is 2. The number of rotatable bonds is 6. The molecule has 1 saturated heterocycles. The van der Waals surface area contributed by atoms with Gasteiger partial charge in [-0.25, -0.2) is 8.91 Å². The number of aromatic nitrogens is 3. The summed E-state index contributed by atoms with van der Waals surface area (Å²) in [6.45, 7) is 0.813. The van der Waals surface area contributed by atoms with Crippen molar-refractivity contribution in [3.63, 3.8) is 0 Å². The molecule has 0 saturated carbocycles. The van der Waals surface area contributed by atoms with Gasteiger partial charge in [-0.1, -0.05) is 30.3 Å². The fourth-order valence-corrected chi connectivity index (χ4v) is 4.70. The maximum Gasteiger partial charge on any atom is 0.227 e. The Balaban J connectivity index is 1.20. The number of thiazole rings is 1. The summed E-state index contributed by atoms with van der Waals surface area (Å²) in [6, 6.07) is 15.6. The number of nitrogens with one attached hydrogen (secondary N) is 1. The van der Waals surface area contributed by atoms with Crippen LogP contribution < -0.4 is 10.2 Å². The van der Waals surface area contributed by atoms with Crippen molar-refractivity contribution in [1.29, 1.82) is 0 Å². The molecule has 1 fully saturated rings. The summed E-state index contributed by atoms with van der Waals surface area (Å²) in [5.41, 5.74) is 2.34. The standard InChI is InChI=1S/C23H20FN5O2S/c24-17-6-4-5-15(11-17)21-26-23-29(27-21)19(14-32-23)9-10-25-22(31)16-12-20(30)28(13-16)18-7-2-1-3-8-18/h1-8,11,14,16H,9-10,12-13H2,(H,25,31)/t16-/m1/s1. The molecule has 9 heteroatoms. The molecular formula is C23H20FN5O2S. The molecule has 0 aliphatic carbocycles. The van der Waals surface area contributed by atoms with Gasteiger partial charge in [-0.2, -0.15) is 4.98 Å². The highest BCUT2D eigenvalue weighted by molar-refractivity contribution is 7.15. The van der Waals surface area contributed by atoms with Crippen LogP contribution in [0.2, 0.25) is 0 Å². The lowest BCUT2D eigenvalue weighted by Crippen LogP contribution is -2.34. The number of hydrogen-bond donors (Lipinski definition) is 1. The third kappa shape index (κ3) is 3.99. The van der Waals surface area contributed by atoms with Gasteiger partial charge in [0.25, 0.3) is 0 Å². The van der Waals surface area contributed by atoms with E-state index in [1.54, 1.807) is 21.5 Å². The number of amides is 2. The Morgan fingerprint density at radius 2 is 2.03 bits per heavy atom. The zero-order chi connectivity index (χ0) is 22.1. The molecule has 0 radical (unpaired) electrons. The monoisotopic (exact) mass is 449 g/mol. The van der Waals surface area contributed by atoms with Gasteiger partial charge in [0.05, 0.1) is 11.6 Å². The van der Waals surface area contributed by atoms with E-state index in [0.29, 0.717) is 35.9 Å². The second-order valence-electron chi connectivity index (χ2n) is 7.65. The average Bonchev–Trinajstić information content (AvgIpc) is 3.49. The molecule has 2 aromatic carbocycles. The first-order chi connectivity index (χ1) is 15.6. The van der Waals surface area contributed by atoms with Crippen LogP contribution in [0.1, 0.15) is 12.1 Å². The van der Waals surface area contributed by atoms with Gasteiger partial charge in [-0.15, -0.1) is 16.4 Å². The van der Waals surface area contributed by atoms with E-state index in [1.807, 2.05) is 35.7 Å². The highest BCUT2D eigenvalue weighted by Crippen LogP contribution is 2.25. The fourth-order valence-electron chi connectivity index (χ4n) is 3.85. The summed E-state index contributed by atoms with van der Waals surface area (Å²) in [5, 5.41) is 9.39. The van der Waals surface area contributed by atoms with Crippen LogP contribution in [0, 0.1) is 11.7 Å². The molecule has 4 aromatic rings. The van der Waals surface area contributed by atoms with E-state index < -0.39 is 0 Å². The molecule has 0 bridgehead atoms. The number of para-hydroxylation sites is 1. The van der Waals surface area contributed by atoms with Crippen LogP contribution in [-0.4, -0.2) is 39.5 Å². The smallest absolute Gasteiger partial charge is 0.227 e. The highest BCUT2D eigenvalue weighted by Gasteiger charge is 2.34. The van der Waals surface area contributed by atoms with Gasteiger partial charge >= 0.3 is 0 Å². The van der Waals surface area contributed by atoms with Gasteiger partial charge in [-0.3, -0.25) is 9.59 Å². The van der Waals surface area contributed by atoms with Crippen molar-refractivity contribution < 1.29 is 14.0 Å². The minimum Gasteiger partial charge on any atom is -0.355 e. The van der Waals surface area contributed by atoms with Crippen molar-refractivity contribution in [2.24, 2.45) is 5.92 Å². The first kappa shape index (κ1) is 20.3. The third-order valence-electron chi connectivity index (χ3n) is 5.48. The topological polar surface area (TPSA) is 79.6 Å². The average molecular weight is 450 g/mol. The van der Waals surface area contributed by atoms with Gasteiger partial charge in [-0.05, 0) is 24.3 Å². The largest absolute Gasteiger partial charge is 0.355 e. The van der Waals surface area contributed by atoms with Crippen LogP contribution in [0.5, 0.6) is 0 Å². The first-order valence-electron chi connectivity index (χ1n) is 10.3. The minimum atomic E-state index is -0.365. The van der Waals surface area contributed by atoms with Gasteiger partial charge in [0, 0.05) is 42.6 Å². The summed E-state index contributed by atoms with van der Waals surface area (Å²) in [5.74, 6) is -0.395. The minimum absolute atomic E-state index is 0.0385. The Labute approximate surface area is 187 Å². The Morgan fingerprint density at radius 1 is 1.19 bits per heavy atom. The Morgan fingerprint density at radius 3 is 2.84 bits per heavy atom. The Hall–Kier alpha value is -3.59. The van der Waals surface area contributed by atoms with Crippen molar-refractivity contribution in [3.05, 3.63) is 71.5 Å². The molecule has 32 heavy (non-hydrogen) atoms. The summed E-state index contributed by atoms with van der Waals surface area (Å²) in [7, 11) is 0. The Kier molecular flexibility index (Phi) is 5.40. The van der Waals surface area contributed by atoms with Gasteiger partial charge < -0.3 is 10.2 Å². The number of nitrogens with zero attached hydrogens (tertiary/aromatic N) is 4. The summed E-state index contributed by atoms with van der Waals surface area (Å²) in [6.07, 6.45) is 0.782. The zero-order valence-electron chi connectivity index (χ0n) is 17.1. The van der Waals surface area contributed by atoms with Crippen LogP contribution in [0.3, 0.4) is 0 Å². The maximum absolute atomic E-state index is 13.5. The quantitative estimate of drug-likeness (QED) is 0.490. The predicted octanol–water partition coefficient (Wildman–Crippen LogP) is 3.31. The van der Waals surface area contributed by atoms with Crippen molar-refractivity contribution >= 4 is 33.8 Å². The molecule has 1 aliphatic rings. The second kappa shape index (κ2) is 8.51. The Bertz CT molecular complexity index is 1290. The van der Waals surface area contributed by atoms with Crippen molar-refractivity contribution in [2.75, 3.05) is 18.0 Å². The molecule has 0 unspecified atom stereocenters. The van der Waals surface area contributed by atoms with E-state index >= 15 is 0 Å². The molecule has 0 spiro atoms. The highest BCUT2D eigenvalue weighted by atomic mass is 32.1. The molecule has 1 N–H and O–H groups in total. The second-order valence-corrected chi connectivity index (χ2v) is 8.49. The van der Waals surface area contributed by atoms with Gasteiger partial charge in [0.1, 0.15) is 5.82 Å². The van der Waals surface area contributed by atoms with E-state index in [4.69, 9.17) is 0 Å².